The number of amides is 1. The molecule has 0 saturated heterocycles. The summed E-state index contributed by atoms with van der Waals surface area (Å²) >= 11 is 0. The zero-order chi connectivity index (χ0) is 15.2. The quantitative estimate of drug-likeness (QED) is 0.729. The summed E-state index contributed by atoms with van der Waals surface area (Å²) in [6.45, 7) is 5.79. The fourth-order valence-electron chi connectivity index (χ4n) is 3.10. The molecular weight excluding hydrogens is 262 g/mol. The van der Waals surface area contributed by atoms with Gasteiger partial charge >= 0.3 is 0 Å². The van der Waals surface area contributed by atoms with E-state index in [1.165, 1.54) is 25.7 Å². The molecule has 0 radical (unpaired) electrons. The van der Waals surface area contributed by atoms with E-state index in [-0.39, 0.29) is 5.91 Å². The summed E-state index contributed by atoms with van der Waals surface area (Å²) < 4.78 is 0. The first-order valence-electron chi connectivity index (χ1n) is 8.03. The Morgan fingerprint density at radius 2 is 2.10 bits per heavy atom. The molecule has 116 valence electrons. The number of rotatable bonds is 5. The summed E-state index contributed by atoms with van der Waals surface area (Å²) in [5.74, 6) is 1.39. The molecule has 1 aliphatic rings. The predicted molar refractivity (Wildman–Crippen MR) is 88.5 cm³/mol. The van der Waals surface area contributed by atoms with Crippen molar-refractivity contribution in [1.82, 2.24) is 5.32 Å². The van der Waals surface area contributed by atoms with Crippen LogP contribution in [0.3, 0.4) is 0 Å². The van der Waals surface area contributed by atoms with Crippen LogP contribution < -0.4 is 16.4 Å². The van der Waals surface area contributed by atoms with E-state index < -0.39 is 0 Å². The highest BCUT2D eigenvalue weighted by Gasteiger charge is 2.21. The molecule has 1 aliphatic carbocycles. The molecule has 0 aliphatic heterocycles. The molecule has 2 unspecified atom stereocenters. The molecule has 1 fully saturated rings. The first-order chi connectivity index (χ1) is 10.1. The molecule has 0 spiro atoms. The standard InChI is InChI=1S/C17H27N3O/c1-3-19-17(21)15-9-8-14(18)10-16(15)20-11-13-7-5-4-6-12(13)2/h8-10,12-13,20H,3-7,11,18H2,1-2H3,(H,19,21). The van der Waals surface area contributed by atoms with Crippen molar-refractivity contribution < 1.29 is 4.79 Å². The number of carbonyl (C=O) groups excluding carboxylic acids is 1. The minimum Gasteiger partial charge on any atom is -0.399 e. The third kappa shape index (κ3) is 4.13. The molecule has 0 heterocycles. The summed E-state index contributed by atoms with van der Waals surface area (Å²) in [7, 11) is 0. The molecule has 2 rings (SSSR count). The van der Waals surface area contributed by atoms with E-state index in [2.05, 4.69) is 17.6 Å². The fourth-order valence-corrected chi connectivity index (χ4v) is 3.10. The Balaban J connectivity index is 2.07. The molecule has 1 aromatic carbocycles. The Morgan fingerprint density at radius 3 is 2.81 bits per heavy atom. The number of nitrogens with one attached hydrogen (secondary N) is 2. The van der Waals surface area contributed by atoms with Gasteiger partial charge in [0, 0.05) is 24.5 Å². The van der Waals surface area contributed by atoms with Gasteiger partial charge in [0.2, 0.25) is 0 Å². The van der Waals surface area contributed by atoms with Gasteiger partial charge in [0.05, 0.1) is 5.56 Å². The van der Waals surface area contributed by atoms with E-state index in [4.69, 9.17) is 5.73 Å². The molecule has 1 amide bonds. The van der Waals surface area contributed by atoms with E-state index >= 15 is 0 Å². The highest BCUT2D eigenvalue weighted by atomic mass is 16.1. The third-order valence-corrected chi connectivity index (χ3v) is 4.47. The lowest BCUT2D eigenvalue weighted by Crippen LogP contribution is -2.27. The van der Waals surface area contributed by atoms with Crippen molar-refractivity contribution in [2.75, 3.05) is 24.1 Å². The van der Waals surface area contributed by atoms with Crippen molar-refractivity contribution in [3.05, 3.63) is 23.8 Å². The van der Waals surface area contributed by atoms with Crippen molar-refractivity contribution in [3.8, 4) is 0 Å². The van der Waals surface area contributed by atoms with Crippen LogP contribution in [0.15, 0.2) is 18.2 Å². The van der Waals surface area contributed by atoms with Crippen LogP contribution in [0.25, 0.3) is 0 Å². The lowest BCUT2D eigenvalue weighted by atomic mass is 9.80. The van der Waals surface area contributed by atoms with Gasteiger partial charge in [-0.15, -0.1) is 0 Å². The maximum Gasteiger partial charge on any atom is 0.253 e. The van der Waals surface area contributed by atoms with E-state index in [1.807, 2.05) is 13.0 Å². The second-order valence-corrected chi connectivity index (χ2v) is 6.07. The summed E-state index contributed by atoms with van der Waals surface area (Å²) in [4.78, 5) is 12.1. The van der Waals surface area contributed by atoms with E-state index in [0.717, 1.165) is 18.2 Å². The van der Waals surface area contributed by atoms with Crippen LogP contribution in [0.4, 0.5) is 11.4 Å². The van der Waals surface area contributed by atoms with Crippen LogP contribution in [-0.2, 0) is 0 Å². The predicted octanol–water partition coefficient (Wildman–Crippen LogP) is 3.26. The molecule has 1 saturated carbocycles. The van der Waals surface area contributed by atoms with Gasteiger partial charge in [-0.05, 0) is 43.4 Å². The van der Waals surface area contributed by atoms with Gasteiger partial charge in [0.15, 0.2) is 0 Å². The Labute approximate surface area is 127 Å². The Bertz CT molecular complexity index is 487. The smallest absolute Gasteiger partial charge is 0.253 e. The van der Waals surface area contributed by atoms with E-state index in [9.17, 15) is 4.79 Å². The average molecular weight is 289 g/mol. The number of anilines is 2. The maximum absolute atomic E-state index is 12.1. The van der Waals surface area contributed by atoms with Crippen molar-refractivity contribution in [1.29, 1.82) is 0 Å². The molecule has 1 aromatic rings. The average Bonchev–Trinajstić information content (AvgIpc) is 2.46. The highest BCUT2D eigenvalue weighted by Crippen LogP contribution is 2.30. The van der Waals surface area contributed by atoms with Gasteiger partial charge in [0.25, 0.3) is 5.91 Å². The molecule has 21 heavy (non-hydrogen) atoms. The summed E-state index contributed by atoms with van der Waals surface area (Å²) in [6, 6.07) is 5.43. The normalized spacial score (nSPS) is 21.8. The first-order valence-corrected chi connectivity index (χ1v) is 8.03. The third-order valence-electron chi connectivity index (χ3n) is 4.47. The van der Waals surface area contributed by atoms with Crippen molar-refractivity contribution in [2.45, 2.75) is 39.5 Å². The van der Waals surface area contributed by atoms with Crippen LogP contribution in [0.2, 0.25) is 0 Å². The lowest BCUT2D eigenvalue weighted by molar-refractivity contribution is 0.0956. The Morgan fingerprint density at radius 1 is 1.33 bits per heavy atom. The topological polar surface area (TPSA) is 67.2 Å². The van der Waals surface area contributed by atoms with Gasteiger partial charge in [-0.25, -0.2) is 0 Å². The van der Waals surface area contributed by atoms with Crippen molar-refractivity contribution in [3.63, 3.8) is 0 Å². The van der Waals surface area contributed by atoms with Crippen LogP contribution in [0.1, 0.15) is 49.9 Å². The van der Waals surface area contributed by atoms with Crippen LogP contribution >= 0.6 is 0 Å². The fraction of sp³-hybridized carbons (Fsp3) is 0.588. The number of hydrogen-bond acceptors (Lipinski definition) is 3. The summed E-state index contributed by atoms with van der Waals surface area (Å²) in [6.07, 6.45) is 5.25. The summed E-state index contributed by atoms with van der Waals surface area (Å²) in [5, 5.41) is 6.30. The largest absolute Gasteiger partial charge is 0.399 e. The molecule has 4 N–H and O–H groups in total. The highest BCUT2D eigenvalue weighted by molar-refractivity contribution is 6.00. The number of benzene rings is 1. The van der Waals surface area contributed by atoms with Gasteiger partial charge in [0.1, 0.15) is 0 Å². The van der Waals surface area contributed by atoms with Crippen LogP contribution in [-0.4, -0.2) is 19.0 Å². The van der Waals surface area contributed by atoms with E-state index in [0.29, 0.717) is 23.7 Å². The Hall–Kier alpha value is -1.71. The number of hydrogen-bond donors (Lipinski definition) is 3. The van der Waals surface area contributed by atoms with Gasteiger partial charge in [-0.3, -0.25) is 4.79 Å². The minimum absolute atomic E-state index is 0.0447. The van der Waals surface area contributed by atoms with Crippen LogP contribution in [0.5, 0.6) is 0 Å². The molecule has 4 nitrogen and oxygen atoms in total. The Kier molecular flexibility index (Phi) is 5.48. The monoisotopic (exact) mass is 289 g/mol. The molecular formula is C17H27N3O. The lowest BCUT2D eigenvalue weighted by Gasteiger charge is -2.29. The molecule has 0 aromatic heterocycles. The van der Waals surface area contributed by atoms with Crippen molar-refractivity contribution >= 4 is 17.3 Å². The zero-order valence-corrected chi connectivity index (χ0v) is 13.1. The van der Waals surface area contributed by atoms with E-state index in [1.54, 1.807) is 12.1 Å². The minimum atomic E-state index is -0.0447. The van der Waals surface area contributed by atoms with Crippen molar-refractivity contribution in [2.24, 2.45) is 11.8 Å². The van der Waals surface area contributed by atoms with Gasteiger partial charge < -0.3 is 16.4 Å². The number of carbonyl (C=O) groups is 1. The molecule has 4 heteroatoms. The number of nitrogen functional groups attached to an aromatic ring is 1. The first kappa shape index (κ1) is 15.7. The second kappa shape index (κ2) is 7.34. The maximum atomic E-state index is 12.1. The SMILES string of the molecule is CCNC(=O)c1ccc(N)cc1NCC1CCCCC1C. The second-order valence-electron chi connectivity index (χ2n) is 6.07. The van der Waals surface area contributed by atoms with Crippen LogP contribution in [0, 0.1) is 11.8 Å². The van der Waals surface area contributed by atoms with Gasteiger partial charge in [-0.1, -0.05) is 26.2 Å². The zero-order valence-electron chi connectivity index (χ0n) is 13.1. The number of nitrogens with two attached hydrogens (primary N) is 1. The molecule has 2 atom stereocenters. The summed E-state index contributed by atoms with van der Waals surface area (Å²) in [5.41, 5.74) is 8.07. The molecule has 0 bridgehead atoms. The van der Waals surface area contributed by atoms with Gasteiger partial charge in [-0.2, -0.15) is 0 Å².